The molecule has 2 aromatic rings. The molecule has 1 heterocycles. The third kappa shape index (κ3) is 3.48. The number of aromatic nitrogens is 1. The third-order valence-corrected chi connectivity index (χ3v) is 3.55. The summed E-state index contributed by atoms with van der Waals surface area (Å²) < 4.78 is 0. The fourth-order valence-corrected chi connectivity index (χ4v) is 2.56. The minimum Gasteiger partial charge on any atom is -0.477 e. The minimum atomic E-state index is -1.01. The normalized spacial score (nSPS) is 10.3. The number of carboxylic acid groups (broad SMARTS) is 1. The highest BCUT2D eigenvalue weighted by atomic mass is 35.5. The molecule has 0 fully saturated rings. The molecule has 0 aliphatic rings. The van der Waals surface area contributed by atoms with E-state index in [2.05, 4.69) is 4.98 Å². The molecular weight excluding hydrogens is 270 g/mol. The van der Waals surface area contributed by atoms with Crippen LogP contribution < -0.4 is 0 Å². The number of nitrogens with zero attached hydrogens (tertiary/aromatic N) is 1. The van der Waals surface area contributed by atoms with E-state index in [1.807, 2.05) is 30.3 Å². The molecule has 92 valence electrons. The topological polar surface area (TPSA) is 50.2 Å². The predicted molar refractivity (Wildman–Crippen MR) is 72.2 cm³/mol. The molecule has 0 bridgehead atoms. The molecule has 0 aliphatic heterocycles. The molecule has 0 atom stereocenters. The maximum atomic E-state index is 10.8. The Bertz CT molecular complexity index is 574. The number of carbonyl (C=O) groups is 1. The van der Waals surface area contributed by atoms with Gasteiger partial charge in [0.1, 0.15) is 5.69 Å². The van der Waals surface area contributed by atoms with Crippen LogP contribution in [0.3, 0.4) is 0 Å². The van der Waals surface area contributed by atoms with Gasteiger partial charge < -0.3 is 5.11 Å². The van der Waals surface area contributed by atoms with Gasteiger partial charge in [-0.1, -0.05) is 17.7 Å². The Labute approximate surface area is 114 Å². The number of benzene rings is 1. The largest absolute Gasteiger partial charge is 0.477 e. The van der Waals surface area contributed by atoms with Crippen LogP contribution in [0, 0.1) is 0 Å². The lowest BCUT2D eigenvalue weighted by molar-refractivity contribution is 0.0690. The van der Waals surface area contributed by atoms with Crippen molar-refractivity contribution in [3.05, 3.63) is 58.9 Å². The average molecular weight is 280 g/mol. The fourth-order valence-electron chi connectivity index (χ4n) is 1.40. The number of halogens is 1. The highest BCUT2D eigenvalue weighted by Crippen LogP contribution is 2.25. The Morgan fingerprint density at radius 2 is 2.17 bits per heavy atom. The van der Waals surface area contributed by atoms with E-state index in [0.717, 1.165) is 10.5 Å². The summed E-state index contributed by atoms with van der Waals surface area (Å²) >= 11 is 7.50. The summed E-state index contributed by atoms with van der Waals surface area (Å²) in [5.74, 6) is -0.326. The van der Waals surface area contributed by atoms with E-state index in [-0.39, 0.29) is 5.69 Å². The summed E-state index contributed by atoms with van der Waals surface area (Å²) in [6.45, 7) is 0. The summed E-state index contributed by atoms with van der Waals surface area (Å²) in [6, 6.07) is 11.0. The molecule has 0 spiro atoms. The van der Waals surface area contributed by atoms with Gasteiger partial charge in [-0.25, -0.2) is 9.78 Å². The second-order valence-electron chi connectivity index (χ2n) is 3.60. The molecule has 1 N–H and O–H groups in total. The van der Waals surface area contributed by atoms with E-state index < -0.39 is 5.97 Å². The SMILES string of the molecule is O=C(O)c1cc(CSc2cccc(Cl)c2)ccn1. The van der Waals surface area contributed by atoms with Crippen molar-refractivity contribution < 1.29 is 9.90 Å². The molecule has 1 aromatic carbocycles. The van der Waals surface area contributed by atoms with E-state index in [9.17, 15) is 4.79 Å². The number of hydrogen-bond donors (Lipinski definition) is 1. The van der Waals surface area contributed by atoms with Gasteiger partial charge in [-0.2, -0.15) is 0 Å². The number of pyridine rings is 1. The molecule has 0 amide bonds. The van der Waals surface area contributed by atoms with Gasteiger partial charge >= 0.3 is 5.97 Å². The van der Waals surface area contributed by atoms with Crippen LogP contribution in [0.4, 0.5) is 0 Å². The van der Waals surface area contributed by atoms with Gasteiger partial charge in [0.25, 0.3) is 0 Å². The van der Waals surface area contributed by atoms with Crippen molar-refractivity contribution in [3.8, 4) is 0 Å². The van der Waals surface area contributed by atoms with Crippen molar-refractivity contribution >= 4 is 29.3 Å². The maximum Gasteiger partial charge on any atom is 0.354 e. The zero-order valence-electron chi connectivity index (χ0n) is 9.34. The summed E-state index contributed by atoms with van der Waals surface area (Å²) in [5, 5.41) is 9.54. The highest BCUT2D eigenvalue weighted by Gasteiger charge is 2.05. The van der Waals surface area contributed by atoms with E-state index in [1.54, 1.807) is 17.8 Å². The zero-order chi connectivity index (χ0) is 13.0. The zero-order valence-corrected chi connectivity index (χ0v) is 10.9. The molecule has 18 heavy (non-hydrogen) atoms. The van der Waals surface area contributed by atoms with Crippen molar-refractivity contribution in [3.63, 3.8) is 0 Å². The monoisotopic (exact) mass is 279 g/mol. The lowest BCUT2D eigenvalue weighted by Crippen LogP contribution is -2.00. The van der Waals surface area contributed by atoms with Crippen LogP contribution >= 0.6 is 23.4 Å². The number of hydrogen-bond acceptors (Lipinski definition) is 3. The molecule has 5 heteroatoms. The first kappa shape index (κ1) is 12.9. The Morgan fingerprint density at radius 3 is 2.89 bits per heavy atom. The summed E-state index contributed by atoms with van der Waals surface area (Å²) in [5.41, 5.74) is 0.992. The minimum absolute atomic E-state index is 0.0687. The number of thioether (sulfide) groups is 1. The van der Waals surface area contributed by atoms with E-state index >= 15 is 0 Å². The van der Waals surface area contributed by atoms with Crippen LogP contribution in [0.1, 0.15) is 16.1 Å². The van der Waals surface area contributed by atoms with Gasteiger partial charge in [0.05, 0.1) is 0 Å². The van der Waals surface area contributed by atoms with Crippen LogP contribution in [0.5, 0.6) is 0 Å². The second kappa shape index (κ2) is 5.89. The Hall–Kier alpha value is -1.52. The fraction of sp³-hybridized carbons (Fsp3) is 0.0769. The lowest BCUT2D eigenvalue weighted by atomic mass is 10.2. The Kier molecular flexibility index (Phi) is 4.23. The van der Waals surface area contributed by atoms with Crippen molar-refractivity contribution in [2.24, 2.45) is 0 Å². The first-order valence-corrected chi connectivity index (χ1v) is 6.58. The molecule has 0 saturated heterocycles. The molecule has 2 rings (SSSR count). The molecular formula is C13H10ClNO2S. The highest BCUT2D eigenvalue weighted by molar-refractivity contribution is 7.98. The standard InChI is InChI=1S/C13H10ClNO2S/c14-10-2-1-3-11(7-10)18-8-9-4-5-15-12(6-9)13(16)17/h1-7H,8H2,(H,16,17). The second-order valence-corrected chi connectivity index (χ2v) is 5.09. The van der Waals surface area contributed by atoms with Gasteiger partial charge in [0, 0.05) is 21.9 Å². The van der Waals surface area contributed by atoms with Crippen LogP contribution in [-0.2, 0) is 5.75 Å². The number of aromatic carboxylic acids is 1. The smallest absolute Gasteiger partial charge is 0.354 e. The van der Waals surface area contributed by atoms with Crippen LogP contribution in [0.25, 0.3) is 0 Å². The Balaban J connectivity index is 2.06. The van der Waals surface area contributed by atoms with Crippen molar-refractivity contribution in [2.45, 2.75) is 10.6 Å². The summed E-state index contributed by atoms with van der Waals surface area (Å²) in [6.07, 6.45) is 1.51. The first-order valence-electron chi connectivity index (χ1n) is 5.22. The maximum absolute atomic E-state index is 10.8. The van der Waals surface area contributed by atoms with Crippen molar-refractivity contribution in [2.75, 3.05) is 0 Å². The van der Waals surface area contributed by atoms with Crippen LogP contribution in [0.15, 0.2) is 47.5 Å². The van der Waals surface area contributed by atoms with Gasteiger partial charge in [-0.05, 0) is 35.9 Å². The van der Waals surface area contributed by atoms with E-state index in [1.165, 1.54) is 6.20 Å². The molecule has 0 radical (unpaired) electrons. The molecule has 0 unspecified atom stereocenters. The summed E-state index contributed by atoms with van der Waals surface area (Å²) in [4.78, 5) is 15.6. The van der Waals surface area contributed by atoms with Crippen molar-refractivity contribution in [1.29, 1.82) is 0 Å². The van der Waals surface area contributed by atoms with Gasteiger partial charge in [0.2, 0.25) is 0 Å². The molecule has 1 aromatic heterocycles. The predicted octanol–water partition coefficient (Wildman–Crippen LogP) is 3.73. The van der Waals surface area contributed by atoms with Crippen LogP contribution in [-0.4, -0.2) is 16.1 Å². The Morgan fingerprint density at radius 1 is 1.33 bits per heavy atom. The first-order chi connectivity index (χ1) is 8.65. The quantitative estimate of drug-likeness (QED) is 0.867. The van der Waals surface area contributed by atoms with Crippen molar-refractivity contribution in [1.82, 2.24) is 4.98 Å². The summed E-state index contributed by atoms with van der Waals surface area (Å²) in [7, 11) is 0. The van der Waals surface area contributed by atoms with E-state index in [4.69, 9.17) is 16.7 Å². The molecule has 0 aliphatic carbocycles. The lowest BCUT2D eigenvalue weighted by Gasteiger charge is -2.03. The number of carboxylic acids is 1. The third-order valence-electron chi connectivity index (χ3n) is 2.25. The molecule has 3 nitrogen and oxygen atoms in total. The molecule has 0 saturated carbocycles. The van der Waals surface area contributed by atoms with Crippen LogP contribution in [0.2, 0.25) is 5.02 Å². The average Bonchev–Trinajstić information content (AvgIpc) is 2.37. The van der Waals surface area contributed by atoms with E-state index in [0.29, 0.717) is 10.8 Å². The van der Waals surface area contributed by atoms with Gasteiger partial charge in [-0.3, -0.25) is 0 Å². The van der Waals surface area contributed by atoms with Gasteiger partial charge in [-0.15, -0.1) is 11.8 Å². The number of rotatable bonds is 4. The van der Waals surface area contributed by atoms with Gasteiger partial charge in [0.15, 0.2) is 0 Å².